The van der Waals surface area contributed by atoms with Gasteiger partial charge in [0.2, 0.25) is 0 Å². The largest absolute Gasteiger partial charge is 0.497 e. The summed E-state index contributed by atoms with van der Waals surface area (Å²) in [6, 6.07) is 16.4. The molecule has 2 aromatic carbocycles. The van der Waals surface area contributed by atoms with Gasteiger partial charge in [-0.15, -0.1) is 0 Å². The molecule has 2 aromatic rings. The van der Waals surface area contributed by atoms with Gasteiger partial charge in [0, 0.05) is 23.5 Å². The van der Waals surface area contributed by atoms with Crippen molar-refractivity contribution in [3.63, 3.8) is 0 Å². The number of hydrogen-bond acceptors (Lipinski definition) is 4. The number of carbonyl (C=O) groups excluding carboxylic acids is 1. The zero-order valence-electron chi connectivity index (χ0n) is 13.8. The SMILES string of the molecule is COc1cccc(CCN/C=C(/C#N)C(=O)Nc2cccc(Cl)c2)c1. The minimum absolute atomic E-state index is 0.00869. The number of anilines is 1. The van der Waals surface area contributed by atoms with Crippen LogP contribution in [0.15, 0.2) is 60.3 Å². The number of nitrogens with zero attached hydrogens (tertiary/aromatic N) is 1. The Labute approximate surface area is 151 Å². The number of halogens is 1. The molecule has 0 aliphatic carbocycles. The van der Waals surface area contributed by atoms with Gasteiger partial charge in [-0.05, 0) is 42.3 Å². The van der Waals surface area contributed by atoms with E-state index in [1.807, 2.05) is 30.3 Å². The van der Waals surface area contributed by atoms with E-state index in [-0.39, 0.29) is 5.57 Å². The Hall–Kier alpha value is -2.97. The summed E-state index contributed by atoms with van der Waals surface area (Å²) in [5.74, 6) is 0.310. The molecule has 0 bridgehead atoms. The van der Waals surface area contributed by atoms with Gasteiger partial charge < -0.3 is 15.4 Å². The average molecular weight is 356 g/mol. The van der Waals surface area contributed by atoms with Crippen molar-refractivity contribution < 1.29 is 9.53 Å². The van der Waals surface area contributed by atoms with Crippen LogP contribution in [-0.2, 0) is 11.2 Å². The summed E-state index contributed by atoms with van der Waals surface area (Å²) in [5.41, 5.74) is 1.63. The highest BCUT2D eigenvalue weighted by Crippen LogP contribution is 2.15. The van der Waals surface area contributed by atoms with Crippen LogP contribution in [0.25, 0.3) is 0 Å². The average Bonchev–Trinajstić information content (AvgIpc) is 2.62. The molecule has 0 aliphatic heterocycles. The second-order valence-electron chi connectivity index (χ2n) is 5.19. The molecule has 0 aliphatic rings. The maximum absolute atomic E-state index is 12.1. The van der Waals surface area contributed by atoms with Crippen LogP contribution in [0, 0.1) is 11.3 Å². The predicted octanol–water partition coefficient (Wildman–Crippen LogP) is 3.53. The van der Waals surface area contributed by atoms with E-state index in [9.17, 15) is 4.79 Å². The lowest BCUT2D eigenvalue weighted by Crippen LogP contribution is -2.18. The first-order chi connectivity index (χ1) is 12.1. The standard InChI is InChI=1S/C19H18ClN3O2/c1-25-18-7-2-4-14(10-18)8-9-22-13-15(12-21)19(24)23-17-6-3-5-16(20)11-17/h2-7,10-11,13,22H,8-9H2,1H3,(H,23,24)/b15-13-. The molecule has 0 saturated heterocycles. The first-order valence-corrected chi connectivity index (χ1v) is 8.03. The Bertz CT molecular complexity index is 812. The zero-order chi connectivity index (χ0) is 18.1. The molecule has 0 saturated carbocycles. The van der Waals surface area contributed by atoms with E-state index in [2.05, 4.69) is 10.6 Å². The van der Waals surface area contributed by atoms with Gasteiger partial charge in [-0.1, -0.05) is 29.8 Å². The summed E-state index contributed by atoms with van der Waals surface area (Å²) in [6.07, 6.45) is 2.16. The Morgan fingerprint density at radius 1 is 1.28 bits per heavy atom. The van der Waals surface area contributed by atoms with Crippen LogP contribution in [0.2, 0.25) is 5.02 Å². The third-order valence-corrected chi connectivity index (χ3v) is 3.62. The highest BCUT2D eigenvalue weighted by atomic mass is 35.5. The van der Waals surface area contributed by atoms with Gasteiger partial charge in [0.25, 0.3) is 5.91 Å². The first kappa shape index (κ1) is 18.4. The number of amides is 1. The van der Waals surface area contributed by atoms with Crippen molar-refractivity contribution in [3.05, 3.63) is 70.9 Å². The maximum atomic E-state index is 12.1. The van der Waals surface area contributed by atoms with Gasteiger partial charge in [0.15, 0.2) is 0 Å². The van der Waals surface area contributed by atoms with Crippen LogP contribution < -0.4 is 15.4 Å². The van der Waals surface area contributed by atoms with Crippen molar-refractivity contribution in [1.82, 2.24) is 5.32 Å². The van der Waals surface area contributed by atoms with E-state index in [1.165, 1.54) is 6.20 Å². The highest BCUT2D eigenvalue weighted by molar-refractivity contribution is 6.31. The monoisotopic (exact) mass is 355 g/mol. The Kier molecular flexibility index (Phi) is 6.87. The van der Waals surface area contributed by atoms with Crippen molar-refractivity contribution in [2.24, 2.45) is 0 Å². The van der Waals surface area contributed by atoms with Gasteiger partial charge in [-0.3, -0.25) is 4.79 Å². The van der Waals surface area contributed by atoms with E-state index < -0.39 is 5.91 Å². The van der Waals surface area contributed by atoms with Crippen LogP contribution in [0.3, 0.4) is 0 Å². The molecule has 128 valence electrons. The van der Waals surface area contributed by atoms with E-state index >= 15 is 0 Å². The number of ether oxygens (including phenoxy) is 1. The summed E-state index contributed by atoms with van der Waals surface area (Å²) in [7, 11) is 1.62. The molecule has 0 heterocycles. The molecule has 0 spiro atoms. The number of rotatable bonds is 7. The van der Waals surface area contributed by atoms with Crippen LogP contribution >= 0.6 is 11.6 Å². The van der Waals surface area contributed by atoms with E-state index in [4.69, 9.17) is 21.6 Å². The number of methoxy groups -OCH3 is 1. The molecule has 25 heavy (non-hydrogen) atoms. The summed E-state index contributed by atoms with van der Waals surface area (Å²) in [5, 5.41) is 15.3. The molecule has 0 aromatic heterocycles. The summed E-state index contributed by atoms with van der Waals surface area (Å²) in [4.78, 5) is 12.1. The van der Waals surface area contributed by atoms with Gasteiger partial charge in [-0.2, -0.15) is 5.26 Å². The van der Waals surface area contributed by atoms with Crippen LogP contribution in [0.4, 0.5) is 5.69 Å². The maximum Gasteiger partial charge on any atom is 0.267 e. The molecule has 5 nitrogen and oxygen atoms in total. The van der Waals surface area contributed by atoms with Crippen molar-refractivity contribution in [3.8, 4) is 11.8 Å². The predicted molar refractivity (Wildman–Crippen MR) is 98.5 cm³/mol. The number of nitrogens with one attached hydrogen (secondary N) is 2. The van der Waals surface area contributed by atoms with Crippen LogP contribution in [0.1, 0.15) is 5.56 Å². The molecular formula is C19H18ClN3O2. The number of nitriles is 1. The van der Waals surface area contributed by atoms with Crippen molar-refractivity contribution in [2.45, 2.75) is 6.42 Å². The second kappa shape index (κ2) is 9.36. The lowest BCUT2D eigenvalue weighted by molar-refractivity contribution is -0.112. The van der Waals surface area contributed by atoms with Crippen LogP contribution in [0.5, 0.6) is 5.75 Å². The molecule has 0 unspecified atom stereocenters. The minimum atomic E-state index is -0.487. The summed E-state index contributed by atoms with van der Waals surface area (Å²) < 4.78 is 5.18. The van der Waals surface area contributed by atoms with Gasteiger partial charge in [0.05, 0.1) is 7.11 Å². The molecule has 0 atom stereocenters. The number of carbonyl (C=O) groups is 1. The van der Waals surface area contributed by atoms with E-state index in [0.29, 0.717) is 17.3 Å². The Balaban J connectivity index is 1.89. The van der Waals surface area contributed by atoms with E-state index in [0.717, 1.165) is 17.7 Å². The molecule has 0 radical (unpaired) electrons. The molecule has 6 heteroatoms. The highest BCUT2D eigenvalue weighted by Gasteiger charge is 2.09. The van der Waals surface area contributed by atoms with Crippen molar-refractivity contribution in [1.29, 1.82) is 5.26 Å². The fourth-order valence-electron chi connectivity index (χ4n) is 2.13. The first-order valence-electron chi connectivity index (χ1n) is 7.66. The number of benzene rings is 2. The third-order valence-electron chi connectivity index (χ3n) is 3.39. The van der Waals surface area contributed by atoms with Crippen molar-refractivity contribution in [2.75, 3.05) is 19.0 Å². The zero-order valence-corrected chi connectivity index (χ0v) is 14.5. The van der Waals surface area contributed by atoms with Crippen LogP contribution in [-0.4, -0.2) is 19.6 Å². The fraction of sp³-hybridized carbons (Fsp3) is 0.158. The summed E-state index contributed by atoms with van der Waals surface area (Å²) in [6.45, 7) is 0.586. The van der Waals surface area contributed by atoms with Gasteiger partial charge in [-0.25, -0.2) is 0 Å². The molecular weight excluding hydrogens is 338 g/mol. The third kappa shape index (κ3) is 5.87. The van der Waals surface area contributed by atoms with E-state index in [1.54, 1.807) is 31.4 Å². The molecule has 2 rings (SSSR count). The minimum Gasteiger partial charge on any atom is -0.497 e. The van der Waals surface area contributed by atoms with Gasteiger partial charge >= 0.3 is 0 Å². The topological polar surface area (TPSA) is 74.1 Å². The summed E-state index contributed by atoms with van der Waals surface area (Å²) >= 11 is 5.87. The molecule has 2 N–H and O–H groups in total. The normalized spacial score (nSPS) is 10.7. The number of hydrogen-bond donors (Lipinski definition) is 2. The second-order valence-corrected chi connectivity index (χ2v) is 5.63. The lowest BCUT2D eigenvalue weighted by Gasteiger charge is -2.06. The van der Waals surface area contributed by atoms with Crippen molar-refractivity contribution >= 4 is 23.2 Å². The molecule has 0 fully saturated rings. The fourth-order valence-corrected chi connectivity index (χ4v) is 2.32. The smallest absolute Gasteiger partial charge is 0.267 e. The molecule has 1 amide bonds. The van der Waals surface area contributed by atoms with Gasteiger partial charge in [0.1, 0.15) is 17.4 Å². The Morgan fingerprint density at radius 3 is 2.80 bits per heavy atom. The quantitative estimate of drug-likeness (QED) is 0.452. The lowest BCUT2D eigenvalue weighted by atomic mass is 10.1. The Morgan fingerprint density at radius 2 is 2.08 bits per heavy atom.